The average Bonchev–Trinajstić information content (AvgIpc) is 3.37. The fourth-order valence-electron chi connectivity index (χ4n) is 3.77. The molecule has 0 unspecified atom stereocenters. The first-order chi connectivity index (χ1) is 13.5. The second-order valence-electron chi connectivity index (χ2n) is 6.48. The van der Waals surface area contributed by atoms with Crippen LogP contribution in [0.5, 0.6) is 11.5 Å². The number of allylic oxidation sites excluding steroid dienone is 1. The number of methoxy groups -OCH3 is 2. The summed E-state index contributed by atoms with van der Waals surface area (Å²) in [6.45, 7) is 0. The van der Waals surface area contributed by atoms with E-state index in [1.165, 1.54) is 37.1 Å². The first kappa shape index (κ1) is 18.5. The van der Waals surface area contributed by atoms with Gasteiger partial charge in [0.25, 0.3) is 0 Å². The second-order valence-corrected chi connectivity index (χ2v) is 7.45. The molecule has 28 heavy (non-hydrogen) atoms. The number of nitriles is 1. The van der Waals surface area contributed by atoms with Crippen molar-refractivity contribution in [3.8, 4) is 17.6 Å². The molecule has 2 aliphatic rings. The van der Waals surface area contributed by atoms with Crippen molar-refractivity contribution in [1.82, 2.24) is 4.90 Å². The van der Waals surface area contributed by atoms with Crippen LogP contribution < -0.4 is 9.47 Å². The summed E-state index contributed by atoms with van der Waals surface area (Å²) in [5.41, 5.74) is -0.488. The molecule has 1 N–H and O–H groups in total. The Balaban J connectivity index is 1.85. The standard InChI is InChI=1S/C20H18N2O5S/c1-25-15-6-3-5-12(18(15)26-2)13-9-17(23)22-19(14(13)10-21)28-11-20(22,24)16-7-4-8-27-16/h3-8,13,24H,9,11H2,1-2H3/t13-,20-/m0/s1. The maximum Gasteiger partial charge on any atom is 0.231 e. The second kappa shape index (κ2) is 6.93. The lowest BCUT2D eigenvalue weighted by molar-refractivity contribution is -0.152. The van der Waals surface area contributed by atoms with Crippen LogP contribution in [0.25, 0.3) is 0 Å². The number of para-hydroxylation sites is 1. The molecular weight excluding hydrogens is 380 g/mol. The van der Waals surface area contributed by atoms with E-state index in [0.717, 1.165) is 0 Å². The molecule has 0 spiro atoms. The zero-order valence-electron chi connectivity index (χ0n) is 15.3. The van der Waals surface area contributed by atoms with Crippen LogP contribution in [-0.2, 0) is 10.5 Å². The number of carbonyl (C=O) groups is 1. The van der Waals surface area contributed by atoms with Crippen LogP contribution in [0.4, 0.5) is 0 Å². The molecular formula is C20H18N2O5S. The Morgan fingerprint density at radius 2 is 2.14 bits per heavy atom. The molecule has 2 aliphatic heterocycles. The summed E-state index contributed by atoms with van der Waals surface area (Å²) in [4.78, 5) is 14.4. The minimum Gasteiger partial charge on any atom is -0.493 e. The van der Waals surface area contributed by atoms with E-state index < -0.39 is 11.6 Å². The molecule has 0 saturated carbocycles. The predicted molar refractivity (Wildman–Crippen MR) is 101 cm³/mol. The Morgan fingerprint density at radius 1 is 1.32 bits per heavy atom. The van der Waals surface area contributed by atoms with Crippen molar-refractivity contribution in [1.29, 1.82) is 5.26 Å². The molecule has 1 fully saturated rings. The van der Waals surface area contributed by atoms with Gasteiger partial charge in [0.2, 0.25) is 11.6 Å². The topological polar surface area (TPSA) is 95.9 Å². The van der Waals surface area contributed by atoms with Gasteiger partial charge in [0.15, 0.2) is 17.3 Å². The number of aliphatic hydroxyl groups is 1. The first-order valence-electron chi connectivity index (χ1n) is 8.62. The van der Waals surface area contributed by atoms with Crippen LogP contribution in [0.2, 0.25) is 0 Å². The van der Waals surface area contributed by atoms with Crippen molar-refractivity contribution in [2.75, 3.05) is 20.0 Å². The van der Waals surface area contributed by atoms with Gasteiger partial charge in [-0.15, -0.1) is 11.8 Å². The van der Waals surface area contributed by atoms with Gasteiger partial charge in [-0.25, -0.2) is 0 Å². The fourth-order valence-corrected chi connectivity index (χ4v) is 5.10. The highest BCUT2D eigenvalue weighted by molar-refractivity contribution is 8.03. The van der Waals surface area contributed by atoms with Crippen molar-refractivity contribution in [2.24, 2.45) is 0 Å². The van der Waals surface area contributed by atoms with Gasteiger partial charge in [0.1, 0.15) is 0 Å². The van der Waals surface area contributed by atoms with Crippen molar-refractivity contribution >= 4 is 17.7 Å². The van der Waals surface area contributed by atoms with Gasteiger partial charge in [0, 0.05) is 17.9 Å². The first-order valence-corrected chi connectivity index (χ1v) is 9.61. The highest BCUT2D eigenvalue weighted by atomic mass is 32.2. The van der Waals surface area contributed by atoms with Gasteiger partial charge in [-0.2, -0.15) is 5.26 Å². The van der Waals surface area contributed by atoms with Gasteiger partial charge in [0.05, 0.1) is 42.9 Å². The molecule has 1 saturated heterocycles. The lowest BCUT2D eigenvalue weighted by Gasteiger charge is -2.36. The Hall–Kier alpha value is -2.89. The molecule has 0 bridgehead atoms. The molecule has 3 heterocycles. The van der Waals surface area contributed by atoms with Crippen molar-refractivity contribution < 1.29 is 23.8 Å². The summed E-state index contributed by atoms with van der Waals surface area (Å²) in [7, 11) is 3.06. The quantitative estimate of drug-likeness (QED) is 0.846. The maximum atomic E-state index is 13.1. The number of ether oxygens (including phenoxy) is 2. The maximum absolute atomic E-state index is 13.1. The van der Waals surface area contributed by atoms with Crippen molar-refractivity contribution in [3.05, 3.63) is 58.5 Å². The van der Waals surface area contributed by atoms with Crippen LogP contribution in [0.3, 0.4) is 0 Å². The molecule has 0 radical (unpaired) electrons. The molecule has 0 aliphatic carbocycles. The average molecular weight is 398 g/mol. The number of thioether (sulfide) groups is 1. The normalized spacial score (nSPS) is 24.1. The van der Waals surface area contributed by atoms with Crippen LogP contribution in [-0.4, -0.2) is 35.9 Å². The van der Waals surface area contributed by atoms with Crippen molar-refractivity contribution in [3.63, 3.8) is 0 Å². The Labute approximate surface area is 166 Å². The summed E-state index contributed by atoms with van der Waals surface area (Å²) in [6.07, 6.45) is 1.47. The van der Waals surface area contributed by atoms with E-state index in [4.69, 9.17) is 13.9 Å². The van der Waals surface area contributed by atoms with E-state index in [0.29, 0.717) is 27.7 Å². The SMILES string of the molecule is COc1cccc([C@@H]2CC(=O)N3C(=C2C#N)SC[C@]3(O)c2ccco2)c1OC. The summed E-state index contributed by atoms with van der Waals surface area (Å²) in [5, 5.41) is 21.5. The third-order valence-corrected chi connectivity index (χ3v) is 6.26. The lowest BCUT2D eigenvalue weighted by Crippen LogP contribution is -2.48. The highest BCUT2D eigenvalue weighted by Crippen LogP contribution is 2.53. The largest absolute Gasteiger partial charge is 0.493 e. The van der Waals surface area contributed by atoms with Crippen molar-refractivity contribution in [2.45, 2.75) is 18.1 Å². The molecule has 8 heteroatoms. The Bertz CT molecular complexity index is 995. The Kier molecular flexibility index (Phi) is 4.57. The van der Waals surface area contributed by atoms with Gasteiger partial charge in [-0.3, -0.25) is 9.69 Å². The minimum atomic E-state index is -1.61. The molecule has 1 aromatic heterocycles. The smallest absolute Gasteiger partial charge is 0.231 e. The highest BCUT2D eigenvalue weighted by Gasteiger charge is 2.53. The molecule has 4 rings (SSSR count). The van der Waals surface area contributed by atoms with Gasteiger partial charge >= 0.3 is 0 Å². The zero-order valence-corrected chi connectivity index (χ0v) is 16.2. The van der Waals surface area contributed by atoms with E-state index in [-0.39, 0.29) is 23.8 Å². The molecule has 144 valence electrons. The molecule has 2 aromatic rings. The number of rotatable bonds is 4. The van der Waals surface area contributed by atoms with Gasteiger partial charge < -0.3 is 19.0 Å². The number of carbonyl (C=O) groups excluding carboxylic acids is 1. The van der Waals surface area contributed by atoms with Crippen LogP contribution in [0.15, 0.2) is 51.6 Å². The lowest BCUT2D eigenvalue weighted by atomic mass is 9.85. The van der Waals surface area contributed by atoms with E-state index in [1.807, 2.05) is 6.07 Å². The summed E-state index contributed by atoms with van der Waals surface area (Å²) < 4.78 is 16.2. The number of nitrogens with zero attached hydrogens (tertiary/aromatic N) is 2. The van der Waals surface area contributed by atoms with Crippen LogP contribution in [0, 0.1) is 11.3 Å². The van der Waals surface area contributed by atoms with Crippen LogP contribution >= 0.6 is 11.8 Å². The van der Waals surface area contributed by atoms with E-state index in [1.54, 1.807) is 24.3 Å². The number of hydrogen-bond donors (Lipinski definition) is 1. The van der Waals surface area contributed by atoms with E-state index in [9.17, 15) is 15.2 Å². The van der Waals surface area contributed by atoms with Gasteiger partial charge in [-0.1, -0.05) is 12.1 Å². The third kappa shape index (κ3) is 2.58. The number of furan rings is 1. The predicted octanol–water partition coefficient (Wildman–Crippen LogP) is 2.94. The molecule has 2 atom stereocenters. The third-order valence-electron chi connectivity index (χ3n) is 5.04. The number of hydrogen-bond acceptors (Lipinski definition) is 7. The van der Waals surface area contributed by atoms with Crippen LogP contribution in [0.1, 0.15) is 23.7 Å². The number of benzene rings is 1. The summed E-state index contributed by atoms with van der Waals surface area (Å²) in [6, 6.07) is 10.9. The Morgan fingerprint density at radius 3 is 2.79 bits per heavy atom. The molecule has 1 aromatic carbocycles. The zero-order chi connectivity index (χ0) is 19.9. The van der Waals surface area contributed by atoms with E-state index in [2.05, 4.69) is 6.07 Å². The fraction of sp³-hybridized carbons (Fsp3) is 0.300. The monoisotopic (exact) mass is 398 g/mol. The minimum absolute atomic E-state index is 0.0273. The summed E-state index contributed by atoms with van der Waals surface area (Å²) in [5.74, 6) is 0.720. The summed E-state index contributed by atoms with van der Waals surface area (Å²) >= 11 is 1.27. The number of fused-ring (bicyclic) bond motifs is 1. The molecule has 1 amide bonds. The van der Waals surface area contributed by atoms with E-state index >= 15 is 0 Å². The van der Waals surface area contributed by atoms with Gasteiger partial charge in [-0.05, 0) is 18.2 Å². The molecule has 7 nitrogen and oxygen atoms in total. The number of amides is 1.